The maximum atomic E-state index is 13.4. The molecule has 0 heterocycles. The van der Waals surface area contributed by atoms with E-state index in [-0.39, 0.29) is 4.47 Å². The number of halogens is 9. The summed E-state index contributed by atoms with van der Waals surface area (Å²) in [5.74, 6) is -22.1. The topological polar surface area (TPSA) is 66.8 Å². The molecule has 25 heavy (non-hydrogen) atoms. The van der Waals surface area contributed by atoms with E-state index in [0.717, 1.165) is 6.92 Å². The SMILES string of the molecule is CCC(=CC(F)(F)C(F)(F)C(F)(F)C(F)(F)F)C(=O)ON(C)S(=O)O. The fraction of sp³-hybridized carbons (Fsp3) is 0.700. The zero-order valence-electron chi connectivity index (χ0n) is 12.2. The first kappa shape index (κ1) is 23.6. The molecule has 0 rings (SSSR count). The molecule has 1 unspecified atom stereocenters. The van der Waals surface area contributed by atoms with Crippen molar-refractivity contribution in [2.75, 3.05) is 7.05 Å². The van der Waals surface area contributed by atoms with Gasteiger partial charge in [-0.25, -0.2) is 9.00 Å². The molecule has 5 nitrogen and oxygen atoms in total. The molecular formula is C10H10F9NO4S. The Balaban J connectivity index is 5.85. The number of carbonyl (C=O) groups is 1. The second-order valence-electron chi connectivity index (χ2n) is 4.34. The summed E-state index contributed by atoms with van der Waals surface area (Å²) in [4.78, 5) is 15.3. The van der Waals surface area contributed by atoms with Gasteiger partial charge in [0.05, 0.1) is 0 Å². The highest BCUT2D eigenvalue weighted by molar-refractivity contribution is 7.76. The van der Waals surface area contributed by atoms with E-state index in [0.29, 0.717) is 7.05 Å². The molecule has 0 bridgehead atoms. The highest BCUT2D eigenvalue weighted by atomic mass is 32.2. The fourth-order valence-electron chi connectivity index (χ4n) is 1.21. The molecule has 0 spiro atoms. The molecule has 0 aliphatic heterocycles. The molecule has 0 aromatic rings. The number of alkyl halides is 9. The standard InChI is InChI=1S/C10H10F9NO4S/c1-3-5(6(21)24-20(2)25(22)23)4-7(11,12)8(13,14)9(15,16)10(17,18)19/h4H,3H2,1-2H3,(H,22,23). The lowest BCUT2D eigenvalue weighted by Gasteiger charge is -2.32. The van der Waals surface area contributed by atoms with E-state index in [1.807, 2.05) is 0 Å². The lowest BCUT2D eigenvalue weighted by molar-refractivity contribution is -0.388. The van der Waals surface area contributed by atoms with Crippen LogP contribution >= 0.6 is 0 Å². The number of rotatable bonds is 7. The number of hydrogen-bond acceptors (Lipinski definition) is 3. The quantitative estimate of drug-likeness (QED) is 0.302. The zero-order chi connectivity index (χ0) is 20.4. The van der Waals surface area contributed by atoms with Gasteiger partial charge in [-0.15, -0.1) is 0 Å². The van der Waals surface area contributed by atoms with Gasteiger partial charge in [-0.3, -0.25) is 4.55 Å². The van der Waals surface area contributed by atoms with Crippen molar-refractivity contribution in [2.45, 2.75) is 37.3 Å². The maximum Gasteiger partial charge on any atom is 0.460 e. The molecular weight excluding hydrogens is 401 g/mol. The van der Waals surface area contributed by atoms with Gasteiger partial charge in [0.1, 0.15) is 0 Å². The highest BCUT2D eigenvalue weighted by Gasteiger charge is 2.81. The van der Waals surface area contributed by atoms with E-state index in [4.69, 9.17) is 4.55 Å². The lowest BCUT2D eigenvalue weighted by Crippen LogP contribution is -2.60. The predicted octanol–water partition coefficient (Wildman–Crippen LogP) is 3.32. The Morgan fingerprint density at radius 1 is 1.08 bits per heavy atom. The Hall–Kier alpha value is -1.35. The average molecular weight is 411 g/mol. The molecule has 0 radical (unpaired) electrons. The van der Waals surface area contributed by atoms with Crippen molar-refractivity contribution in [3.8, 4) is 0 Å². The Labute approximate surface area is 136 Å². The number of hydrogen-bond donors (Lipinski definition) is 1. The van der Waals surface area contributed by atoms with E-state index in [9.17, 15) is 48.5 Å². The van der Waals surface area contributed by atoms with Crippen LogP contribution in [0.15, 0.2) is 11.6 Å². The Morgan fingerprint density at radius 2 is 1.52 bits per heavy atom. The van der Waals surface area contributed by atoms with Gasteiger partial charge < -0.3 is 4.84 Å². The first-order valence-electron chi connectivity index (χ1n) is 5.91. The Kier molecular flexibility index (Phi) is 7.09. The minimum Gasteiger partial charge on any atom is -0.349 e. The van der Waals surface area contributed by atoms with Gasteiger partial charge in [-0.1, -0.05) is 6.92 Å². The van der Waals surface area contributed by atoms with Crippen LogP contribution in [0.4, 0.5) is 39.5 Å². The van der Waals surface area contributed by atoms with Crippen LogP contribution in [0, 0.1) is 0 Å². The number of allylic oxidation sites excluding steroid dienone is 1. The molecule has 1 atom stereocenters. The van der Waals surface area contributed by atoms with Gasteiger partial charge >= 0.3 is 29.9 Å². The molecule has 0 saturated carbocycles. The van der Waals surface area contributed by atoms with Crippen LogP contribution in [0.5, 0.6) is 0 Å². The molecule has 0 aromatic carbocycles. The highest BCUT2D eigenvalue weighted by Crippen LogP contribution is 2.53. The molecule has 0 aliphatic carbocycles. The van der Waals surface area contributed by atoms with Crippen molar-refractivity contribution in [1.82, 2.24) is 4.47 Å². The Bertz CT molecular complexity index is 561. The van der Waals surface area contributed by atoms with Crippen molar-refractivity contribution in [3.63, 3.8) is 0 Å². The molecule has 1 N–H and O–H groups in total. The van der Waals surface area contributed by atoms with Crippen LogP contribution in [0.1, 0.15) is 13.3 Å². The van der Waals surface area contributed by atoms with Gasteiger partial charge in [-0.2, -0.15) is 39.5 Å². The summed E-state index contributed by atoms with van der Waals surface area (Å²) in [7, 11) is 0.645. The van der Waals surface area contributed by atoms with Gasteiger partial charge in [0.25, 0.3) is 11.3 Å². The van der Waals surface area contributed by atoms with Gasteiger partial charge in [0.2, 0.25) is 0 Å². The minimum absolute atomic E-state index is 0.119. The summed E-state index contributed by atoms with van der Waals surface area (Å²) in [6, 6.07) is 0. The number of hydroxylamine groups is 1. The second-order valence-corrected chi connectivity index (χ2v) is 5.32. The smallest absolute Gasteiger partial charge is 0.349 e. The summed E-state index contributed by atoms with van der Waals surface area (Å²) in [6.45, 7) is 0.888. The van der Waals surface area contributed by atoms with E-state index in [2.05, 4.69) is 4.84 Å². The van der Waals surface area contributed by atoms with Gasteiger partial charge in [-0.05, 0) is 10.9 Å². The average Bonchev–Trinajstić information content (AvgIpc) is 2.42. The monoisotopic (exact) mass is 411 g/mol. The molecule has 0 amide bonds. The summed E-state index contributed by atoms with van der Waals surface area (Å²) in [6.07, 6.45) is -8.95. The van der Waals surface area contributed by atoms with Crippen molar-refractivity contribution < 1.29 is 57.9 Å². The van der Waals surface area contributed by atoms with Crippen LogP contribution in [0.3, 0.4) is 0 Å². The summed E-state index contributed by atoms with van der Waals surface area (Å²) >= 11 is -2.96. The van der Waals surface area contributed by atoms with Crippen LogP contribution in [-0.4, -0.2) is 50.2 Å². The summed E-state index contributed by atoms with van der Waals surface area (Å²) in [5, 5.41) is 0. The molecule has 148 valence electrons. The largest absolute Gasteiger partial charge is 0.460 e. The first-order valence-corrected chi connectivity index (χ1v) is 6.97. The van der Waals surface area contributed by atoms with E-state index < -0.39 is 59.2 Å². The van der Waals surface area contributed by atoms with Crippen LogP contribution in [0.25, 0.3) is 0 Å². The number of nitrogens with zero attached hydrogens (tertiary/aromatic N) is 1. The van der Waals surface area contributed by atoms with Gasteiger partial charge in [0.15, 0.2) is 0 Å². The third kappa shape index (κ3) is 4.84. The maximum absolute atomic E-state index is 13.4. The molecule has 0 aromatic heterocycles. The third-order valence-corrected chi connectivity index (χ3v) is 3.11. The zero-order valence-corrected chi connectivity index (χ0v) is 13.0. The molecule has 15 heteroatoms. The lowest BCUT2D eigenvalue weighted by atomic mass is 10.0. The molecule has 0 fully saturated rings. The summed E-state index contributed by atoms with van der Waals surface area (Å²) < 4.78 is 133. The second kappa shape index (κ2) is 7.49. The van der Waals surface area contributed by atoms with Crippen LogP contribution in [-0.2, 0) is 20.9 Å². The predicted molar refractivity (Wildman–Crippen MR) is 63.9 cm³/mol. The first-order chi connectivity index (χ1) is 10.9. The fourth-order valence-corrected chi connectivity index (χ4v) is 1.34. The number of carbonyl (C=O) groups excluding carboxylic acids is 1. The van der Waals surface area contributed by atoms with Crippen molar-refractivity contribution in [1.29, 1.82) is 0 Å². The third-order valence-electron chi connectivity index (χ3n) is 2.60. The van der Waals surface area contributed by atoms with Crippen molar-refractivity contribution >= 4 is 17.2 Å². The Morgan fingerprint density at radius 3 is 1.84 bits per heavy atom. The van der Waals surface area contributed by atoms with Gasteiger partial charge in [0, 0.05) is 18.7 Å². The van der Waals surface area contributed by atoms with Crippen molar-refractivity contribution in [3.05, 3.63) is 11.6 Å². The minimum atomic E-state index is -7.11. The van der Waals surface area contributed by atoms with E-state index >= 15 is 0 Å². The summed E-state index contributed by atoms with van der Waals surface area (Å²) in [5.41, 5.74) is -1.43. The van der Waals surface area contributed by atoms with E-state index in [1.165, 1.54) is 0 Å². The van der Waals surface area contributed by atoms with Crippen LogP contribution < -0.4 is 0 Å². The van der Waals surface area contributed by atoms with E-state index in [1.54, 1.807) is 0 Å². The van der Waals surface area contributed by atoms with Crippen LogP contribution in [0.2, 0.25) is 0 Å². The van der Waals surface area contributed by atoms with Crippen molar-refractivity contribution in [2.24, 2.45) is 0 Å². The molecule has 0 aliphatic rings. The normalized spacial score (nSPS) is 16.1. The molecule has 0 saturated heterocycles.